The standard InChI is InChI=1S/C16H19NOS/c1-11(2)13-5-7-14(8-6-13)16-17-15(10-19-16)9-4-12(3)18/h5-8,10-11H,4,9H2,1-3H3. The van der Waals surface area contributed by atoms with E-state index < -0.39 is 0 Å². The first-order valence-corrected chi connectivity index (χ1v) is 7.48. The van der Waals surface area contributed by atoms with Crippen LogP contribution in [0.5, 0.6) is 0 Å². The molecule has 0 fully saturated rings. The number of aromatic nitrogens is 1. The van der Waals surface area contributed by atoms with Crippen molar-refractivity contribution >= 4 is 17.1 Å². The zero-order valence-corrected chi connectivity index (χ0v) is 12.5. The number of aryl methyl sites for hydroxylation is 1. The van der Waals surface area contributed by atoms with Crippen LogP contribution in [-0.4, -0.2) is 10.8 Å². The second-order valence-electron chi connectivity index (χ2n) is 5.12. The maximum Gasteiger partial charge on any atom is 0.130 e. The van der Waals surface area contributed by atoms with Crippen molar-refractivity contribution in [1.82, 2.24) is 4.98 Å². The van der Waals surface area contributed by atoms with E-state index in [9.17, 15) is 4.79 Å². The van der Waals surface area contributed by atoms with E-state index in [-0.39, 0.29) is 5.78 Å². The highest BCUT2D eigenvalue weighted by Crippen LogP contribution is 2.26. The van der Waals surface area contributed by atoms with E-state index in [1.807, 2.05) is 0 Å². The molecule has 0 atom stereocenters. The Morgan fingerprint density at radius 2 is 1.95 bits per heavy atom. The summed E-state index contributed by atoms with van der Waals surface area (Å²) in [5.74, 6) is 0.771. The first-order valence-electron chi connectivity index (χ1n) is 6.60. The number of Topliss-reactive ketones (excluding diaryl/α,β-unsaturated/α-hetero) is 1. The molecule has 0 aliphatic heterocycles. The van der Waals surface area contributed by atoms with Crippen molar-refractivity contribution in [2.24, 2.45) is 0 Å². The lowest BCUT2D eigenvalue weighted by molar-refractivity contribution is -0.116. The number of thiazole rings is 1. The summed E-state index contributed by atoms with van der Waals surface area (Å²) in [4.78, 5) is 15.6. The minimum absolute atomic E-state index is 0.218. The molecule has 0 aliphatic carbocycles. The third-order valence-electron chi connectivity index (χ3n) is 3.11. The van der Waals surface area contributed by atoms with Crippen molar-refractivity contribution in [3.63, 3.8) is 0 Å². The van der Waals surface area contributed by atoms with E-state index in [1.54, 1.807) is 18.3 Å². The molecule has 0 spiro atoms. The van der Waals surface area contributed by atoms with Gasteiger partial charge in [0.15, 0.2) is 0 Å². The van der Waals surface area contributed by atoms with Crippen molar-refractivity contribution in [3.05, 3.63) is 40.9 Å². The monoisotopic (exact) mass is 273 g/mol. The molecule has 0 unspecified atom stereocenters. The number of carbonyl (C=O) groups is 1. The number of rotatable bonds is 5. The number of hydrogen-bond acceptors (Lipinski definition) is 3. The van der Waals surface area contributed by atoms with E-state index >= 15 is 0 Å². The Hall–Kier alpha value is -1.48. The van der Waals surface area contributed by atoms with Crippen molar-refractivity contribution < 1.29 is 4.79 Å². The van der Waals surface area contributed by atoms with Crippen LogP contribution in [0.1, 0.15) is 44.4 Å². The second-order valence-corrected chi connectivity index (χ2v) is 5.98. The van der Waals surface area contributed by atoms with Gasteiger partial charge in [-0.25, -0.2) is 4.98 Å². The van der Waals surface area contributed by atoms with Crippen molar-refractivity contribution in [2.45, 2.75) is 39.5 Å². The van der Waals surface area contributed by atoms with Crippen molar-refractivity contribution in [3.8, 4) is 10.6 Å². The SMILES string of the molecule is CC(=O)CCc1csc(-c2ccc(C(C)C)cc2)n1. The van der Waals surface area contributed by atoms with Gasteiger partial charge in [0.1, 0.15) is 10.8 Å². The highest BCUT2D eigenvalue weighted by atomic mass is 32.1. The fraction of sp³-hybridized carbons (Fsp3) is 0.375. The lowest BCUT2D eigenvalue weighted by Gasteiger charge is -2.05. The van der Waals surface area contributed by atoms with E-state index in [0.29, 0.717) is 12.3 Å². The fourth-order valence-corrected chi connectivity index (χ4v) is 2.73. The summed E-state index contributed by atoms with van der Waals surface area (Å²) in [6.07, 6.45) is 1.32. The molecule has 0 N–H and O–H groups in total. The number of carbonyl (C=O) groups excluding carboxylic acids is 1. The average molecular weight is 273 g/mol. The molecule has 3 heteroatoms. The summed E-state index contributed by atoms with van der Waals surface area (Å²) in [6.45, 7) is 6.01. The smallest absolute Gasteiger partial charge is 0.130 e. The molecule has 0 aliphatic rings. The third kappa shape index (κ3) is 3.74. The number of hydrogen-bond donors (Lipinski definition) is 0. The van der Waals surface area contributed by atoms with Crippen LogP contribution in [0.25, 0.3) is 10.6 Å². The van der Waals surface area contributed by atoms with Gasteiger partial charge in [-0.05, 0) is 24.8 Å². The summed E-state index contributed by atoms with van der Waals surface area (Å²) in [6, 6.07) is 8.58. The van der Waals surface area contributed by atoms with Gasteiger partial charge in [0.05, 0.1) is 5.69 Å². The van der Waals surface area contributed by atoms with Crippen molar-refractivity contribution in [2.75, 3.05) is 0 Å². The molecule has 100 valence electrons. The second kappa shape index (κ2) is 6.11. The topological polar surface area (TPSA) is 30.0 Å². The van der Waals surface area contributed by atoms with E-state index in [1.165, 1.54) is 5.56 Å². The predicted molar refractivity (Wildman–Crippen MR) is 80.6 cm³/mol. The number of nitrogens with zero attached hydrogens (tertiary/aromatic N) is 1. The Balaban J connectivity index is 2.11. The summed E-state index contributed by atoms with van der Waals surface area (Å²) < 4.78 is 0. The molecule has 2 rings (SSSR count). The van der Waals surface area contributed by atoms with Crippen LogP contribution in [0, 0.1) is 0 Å². The number of benzene rings is 1. The van der Waals surface area contributed by atoms with Crippen LogP contribution in [0.2, 0.25) is 0 Å². The molecule has 0 amide bonds. The maximum atomic E-state index is 11.0. The maximum absolute atomic E-state index is 11.0. The van der Waals surface area contributed by atoms with Crippen LogP contribution in [-0.2, 0) is 11.2 Å². The van der Waals surface area contributed by atoms with Gasteiger partial charge in [-0.3, -0.25) is 0 Å². The van der Waals surface area contributed by atoms with E-state index in [4.69, 9.17) is 0 Å². The predicted octanol–water partition coefficient (Wildman–Crippen LogP) is 4.46. The van der Waals surface area contributed by atoms with Crippen LogP contribution >= 0.6 is 11.3 Å². The van der Waals surface area contributed by atoms with Gasteiger partial charge >= 0.3 is 0 Å². The van der Waals surface area contributed by atoms with Crippen LogP contribution in [0.3, 0.4) is 0 Å². The van der Waals surface area contributed by atoms with Crippen LogP contribution < -0.4 is 0 Å². The lowest BCUT2D eigenvalue weighted by Crippen LogP contribution is -1.94. The molecule has 1 aromatic heterocycles. The highest BCUT2D eigenvalue weighted by molar-refractivity contribution is 7.13. The first-order chi connectivity index (χ1) is 9.06. The van der Waals surface area contributed by atoms with Crippen LogP contribution in [0.4, 0.5) is 0 Å². The number of ketones is 1. The summed E-state index contributed by atoms with van der Waals surface area (Å²) in [7, 11) is 0. The van der Waals surface area contributed by atoms with Gasteiger partial charge < -0.3 is 4.79 Å². The molecule has 1 aromatic carbocycles. The zero-order chi connectivity index (χ0) is 13.8. The summed E-state index contributed by atoms with van der Waals surface area (Å²) in [5, 5.41) is 3.09. The Morgan fingerprint density at radius 1 is 1.26 bits per heavy atom. The van der Waals surface area contributed by atoms with Gasteiger partial charge in [0.25, 0.3) is 0 Å². The summed E-state index contributed by atoms with van der Waals surface area (Å²) >= 11 is 1.65. The first kappa shape index (κ1) is 13.9. The Kier molecular flexibility index (Phi) is 4.48. The Bertz CT molecular complexity index is 554. The minimum atomic E-state index is 0.218. The zero-order valence-electron chi connectivity index (χ0n) is 11.6. The average Bonchev–Trinajstić information content (AvgIpc) is 2.85. The lowest BCUT2D eigenvalue weighted by atomic mass is 10.0. The molecule has 2 aromatic rings. The van der Waals surface area contributed by atoms with Gasteiger partial charge in [0.2, 0.25) is 0 Å². The Labute approximate surface area is 118 Å². The quantitative estimate of drug-likeness (QED) is 0.805. The van der Waals surface area contributed by atoms with E-state index in [2.05, 4.69) is 48.5 Å². The molecule has 1 heterocycles. The summed E-state index contributed by atoms with van der Waals surface area (Å²) in [5.41, 5.74) is 3.52. The van der Waals surface area contributed by atoms with Crippen molar-refractivity contribution in [1.29, 1.82) is 0 Å². The van der Waals surface area contributed by atoms with Gasteiger partial charge in [-0.1, -0.05) is 38.1 Å². The van der Waals surface area contributed by atoms with Gasteiger partial charge in [0, 0.05) is 17.4 Å². The van der Waals surface area contributed by atoms with E-state index in [0.717, 1.165) is 22.7 Å². The molecule has 2 nitrogen and oxygen atoms in total. The molecule has 0 saturated carbocycles. The molecule has 0 radical (unpaired) electrons. The highest BCUT2D eigenvalue weighted by Gasteiger charge is 2.06. The fourth-order valence-electron chi connectivity index (χ4n) is 1.87. The molecule has 0 saturated heterocycles. The Morgan fingerprint density at radius 3 is 2.53 bits per heavy atom. The minimum Gasteiger partial charge on any atom is -0.300 e. The normalized spacial score (nSPS) is 10.9. The molecular formula is C16H19NOS. The molecule has 0 bridgehead atoms. The third-order valence-corrected chi connectivity index (χ3v) is 4.05. The largest absolute Gasteiger partial charge is 0.300 e. The van der Waals surface area contributed by atoms with Gasteiger partial charge in [-0.2, -0.15) is 0 Å². The van der Waals surface area contributed by atoms with Crippen LogP contribution in [0.15, 0.2) is 29.6 Å². The molecule has 19 heavy (non-hydrogen) atoms. The van der Waals surface area contributed by atoms with Gasteiger partial charge in [-0.15, -0.1) is 11.3 Å². The molecular weight excluding hydrogens is 254 g/mol.